The van der Waals surface area contributed by atoms with Crippen LogP contribution in [0.4, 0.5) is 11.5 Å². The quantitative estimate of drug-likeness (QED) is 0.890. The van der Waals surface area contributed by atoms with Crippen LogP contribution in [-0.4, -0.2) is 18.9 Å². The molecule has 0 unspecified atom stereocenters. The number of nitrogens with one attached hydrogen (secondary N) is 2. The van der Waals surface area contributed by atoms with Crippen molar-refractivity contribution in [1.29, 1.82) is 0 Å². The number of hydrogen-bond donors (Lipinski definition) is 2. The summed E-state index contributed by atoms with van der Waals surface area (Å²) in [6, 6.07) is 9.63. The topological polar surface area (TPSA) is 71.1 Å². The number of rotatable bonds is 4. The highest BCUT2D eigenvalue weighted by Gasteiger charge is 2.18. The van der Waals surface area contributed by atoms with Crippen molar-refractivity contribution in [2.45, 2.75) is 31.2 Å². The molecule has 0 aliphatic heterocycles. The fourth-order valence-corrected chi connectivity index (χ4v) is 3.35. The van der Waals surface area contributed by atoms with Crippen LogP contribution in [-0.2, 0) is 10.0 Å². The summed E-state index contributed by atoms with van der Waals surface area (Å²) in [5, 5.41) is 3.42. The van der Waals surface area contributed by atoms with Crippen molar-refractivity contribution in [2.75, 3.05) is 10.0 Å². The van der Waals surface area contributed by atoms with E-state index in [9.17, 15) is 8.42 Å². The van der Waals surface area contributed by atoms with E-state index < -0.39 is 10.0 Å². The smallest absolute Gasteiger partial charge is 0.264 e. The first-order valence-electron chi connectivity index (χ1n) is 6.69. The van der Waals surface area contributed by atoms with E-state index in [0.717, 1.165) is 5.69 Å². The maximum absolute atomic E-state index is 12.3. The predicted octanol–water partition coefficient (Wildman–Crippen LogP) is 3.75. The lowest BCUT2D eigenvalue weighted by molar-refractivity contribution is 0.601. The molecule has 0 fully saturated rings. The molecule has 0 aliphatic rings. The second kappa shape index (κ2) is 6.14. The van der Waals surface area contributed by atoms with Crippen LogP contribution >= 0.6 is 11.6 Å². The lowest BCUT2D eigenvalue weighted by Gasteiger charge is -2.21. The third-order valence-corrected chi connectivity index (χ3v) is 4.50. The maximum Gasteiger partial charge on any atom is 0.264 e. The minimum absolute atomic E-state index is 0.0235. The second-order valence-corrected chi connectivity index (χ2v) is 7.90. The summed E-state index contributed by atoms with van der Waals surface area (Å²) in [7, 11) is -3.76. The highest BCUT2D eigenvalue weighted by Crippen LogP contribution is 2.23. The molecule has 0 radical (unpaired) electrons. The summed E-state index contributed by atoms with van der Waals surface area (Å²) in [6.45, 7) is 6.09. The number of nitrogens with zero attached hydrogens (tertiary/aromatic N) is 1. The van der Waals surface area contributed by atoms with Gasteiger partial charge in [0.05, 0.1) is 16.9 Å². The molecule has 0 saturated carbocycles. The van der Waals surface area contributed by atoms with Crippen molar-refractivity contribution < 1.29 is 8.42 Å². The van der Waals surface area contributed by atoms with E-state index in [1.54, 1.807) is 30.5 Å². The van der Waals surface area contributed by atoms with Crippen LogP contribution in [0, 0.1) is 0 Å². The minimum Gasteiger partial charge on any atom is -0.379 e. The normalized spacial score (nSPS) is 12.0. The molecular weight excluding hydrogens is 322 g/mol. The average molecular weight is 340 g/mol. The Morgan fingerprint density at radius 1 is 1.09 bits per heavy atom. The van der Waals surface area contributed by atoms with Gasteiger partial charge in [-0.3, -0.25) is 4.72 Å². The van der Waals surface area contributed by atoms with E-state index in [-0.39, 0.29) is 21.3 Å². The van der Waals surface area contributed by atoms with Gasteiger partial charge in [0.2, 0.25) is 0 Å². The van der Waals surface area contributed by atoms with Crippen LogP contribution in [0.15, 0.2) is 47.5 Å². The van der Waals surface area contributed by atoms with Gasteiger partial charge in [-0.1, -0.05) is 23.7 Å². The largest absolute Gasteiger partial charge is 0.379 e. The Morgan fingerprint density at radius 2 is 1.77 bits per heavy atom. The zero-order chi connectivity index (χ0) is 16.4. The molecule has 1 heterocycles. The van der Waals surface area contributed by atoms with Crippen molar-refractivity contribution in [2.24, 2.45) is 0 Å². The summed E-state index contributed by atoms with van der Waals surface area (Å²) >= 11 is 5.92. The van der Waals surface area contributed by atoms with Gasteiger partial charge in [0, 0.05) is 5.54 Å². The Balaban J connectivity index is 2.19. The van der Waals surface area contributed by atoms with E-state index in [4.69, 9.17) is 11.6 Å². The minimum atomic E-state index is -3.76. The summed E-state index contributed by atoms with van der Waals surface area (Å²) in [5.41, 5.74) is 0.716. The van der Waals surface area contributed by atoms with Crippen molar-refractivity contribution in [1.82, 2.24) is 4.98 Å². The van der Waals surface area contributed by atoms with Crippen molar-refractivity contribution in [3.63, 3.8) is 0 Å². The van der Waals surface area contributed by atoms with Gasteiger partial charge in [0.25, 0.3) is 10.0 Å². The third kappa shape index (κ3) is 4.35. The number of aromatic nitrogens is 1. The van der Waals surface area contributed by atoms with Gasteiger partial charge < -0.3 is 5.32 Å². The van der Waals surface area contributed by atoms with Gasteiger partial charge in [0.15, 0.2) is 0 Å². The molecule has 2 aromatic rings. The van der Waals surface area contributed by atoms with Crippen LogP contribution in [0.25, 0.3) is 0 Å². The molecule has 5 nitrogen and oxygen atoms in total. The molecule has 0 aliphatic carbocycles. The number of benzene rings is 1. The monoisotopic (exact) mass is 339 g/mol. The first-order chi connectivity index (χ1) is 10.2. The Hall–Kier alpha value is -1.79. The van der Waals surface area contributed by atoms with Crippen LogP contribution < -0.4 is 10.0 Å². The molecule has 7 heteroatoms. The number of anilines is 2. The first-order valence-corrected chi connectivity index (χ1v) is 8.55. The lowest BCUT2D eigenvalue weighted by atomic mass is 10.1. The summed E-state index contributed by atoms with van der Waals surface area (Å²) in [4.78, 5) is 4.13. The van der Waals surface area contributed by atoms with Gasteiger partial charge in [-0.2, -0.15) is 0 Å². The highest BCUT2D eigenvalue weighted by atomic mass is 35.5. The summed E-state index contributed by atoms with van der Waals surface area (Å²) in [5.74, 6) is 0.236. The van der Waals surface area contributed by atoms with Crippen LogP contribution in [0.1, 0.15) is 20.8 Å². The second-order valence-electron chi connectivity index (χ2n) is 5.84. The average Bonchev–Trinajstić information content (AvgIpc) is 2.39. The molecule has 1 aromatic carbocycles. The molecule has 0 bridgehead atoms. The van der Waals surface area contributed by atoms with Crippen molar-refractivity contribution >= 4 is 33.1 Å². The fraction of sp³-hybridized carbons (Fsp3) is 0.267. The molecule has 0 saturated heterocycles. The van der Waals surface area contributed by atoms with Crippen LogP contribution in [0.2, 0.25) is 5.02 Å². The molecule has 1 aromatic heterocycles. The predicted molar refractivity (Wildman–Crippen MR) is 89.9 cm³/mol. The first kappa shape index (κ1) is 16.6. The van der Waals surface area contributed by atoms with Gasteiger partial charge in [-0.25, -0.2) is 13.4 Å². The van der Waals surface area contributed by atoms with Gasteiger partial charge in [-0.05, 0) is 45.0 Å². The SMILES string of the molecule is CC(C)(C)Nc1ccc(NS(=O)(=O)c2ccccc2Cl)nc1. The third-order valence-electron chi connectivity index (χ3n) is 2.65. The fourth-order valence-electron chi connectivity index (χ4n) is 1.82. The highest BCUT2D eigenvalue weighted by molar-refractivity contribution is 7.92. The number of hydrogen-bond acceptors (Lipinski definition) is 4. The summed E-state index contributed by atoms with van der Waals surface area (Å²) in [6.07, 6.45) is 1.58. The van der Waals surface area contributed by atoms with Gasteiger partial charge in [-0.15, -0.1) is 0 Å². The van der Waals surface area contributed by atoms with E-state index in [0.29, 0.717) is 0 Å². The molecule has 118 valence electrons. The molecule has 0 amide bonds. The van der Waals surface area contributed by atoms with Crippen molar-refractivity contribution in [3.05, 3.63) is 47.6 Å². The van der Waals surface area contributed by atoms with Gasteiger partial charge in [0.1, 0.15) is 10.7 Å². The standard InChI is InChI=1S/C15H18ClN3O2S/c1-15(2,3)18-11-8-9-14(17-10-11)19-22(20,21)13-7-5-4-6-12(13)16/h4-10,18H,1-3H3,(H,17,19). The zero-order valence-electron chi connectivity index (χ0n) is 12.6. The molecule has 2 N–H and O–H groups in total. The number of pyridine rings is 1. The van der Waals surface area contributed by atoms with E-state index in [2.05, 4.69) is 15.0 Å². The Morgan fingerprint density at radius 3 is 2.32 bits per heavy atom. The number of sulfonamides is 1. The van der Waals surface area contributed by atoms with Gasteiger partial charge >= 0.3 is 0 Å². The van der Waals surface area contributed by atoms with E-state index in [1.165, 1.54) is 12.1 Å². The van der Waals surface area contributed by atoms with E-state index in [1.807, 2.05) is 20.8 Å². The molecule has 2 rings (SSSR count). The Labute approximate surface area is 135 Å². The molecule has 22 heavy (non-hydrogen) atoms. The lowest BCUT2D eigenvalue weighted by Crippen LogP contribution is -2.26. The maximum atomic E-state index is 12.3. The van der Waals surface area contributed by atoms with Crippen LogP contribution in [0.3, 0.4) is 0 Å². The number of halogens is 1. The zero-order valence-corrected chi connectivity index (χ0v) is 14.2. The van der Waals surface area contributed by atoms with Crippen molar-refractivity contribution in [3.8, 4) is 0 Å². The van der Waals surface area contributed by atoms with Crippen LogP contribution in [0.5, 0.6) is 0 Å². The molecule has 0 spiro atoms. The summed E-state index contributed by atoms with van der Waals surface area (Å²) < 4.78 is 27.0. The molecule has 0 atom stereocenters. The van der Waals surface area contributed by atoms with E-state index >= 15 is 0 Å². The Kier molecular flexibility index (Phi) is 4.63. The molecular formula is C15H18ClN3O2S. The Bertz CT molecular complexity index is 753.